The van der Waals surface area contributed by atoms with E-state index in [1.165, 1.54) is 0 Å². The number of rotatable bonds is 10. The summed E-state index contributed by atoms with van der Waals surface area (Å²) in [5.41, 5.74) is 17.9. The molecular weight excluding hydrogens is 1380 g/mol. The summed E-state index contributed by atoms with van der Waals surface area (Å²) in [6.45, 7) is 17.1. The van der Waals surface area contributed by atoms with E-state index in [-0.39, 0.29) is 55.8 Å². The van der Waals surface area contributed by atoms with Crippen molar-refractivity contribution in [3.63, 3.8) is 0 Å². The van der Waals surface area contributed by atoms with Gasteiger partial charge in [0.25, 0.3) is 13.4 Å². The van der Waals surface area contributed by atoms with E-state index in [2.05, 4.69) is 206 Å². The summed E-state index contributed by atoms with van der Waals surface area (Å²) >= 11 is 0. The first-order valence-electron chi connectivity index (χ1n) is 46.6. The first kappa shape index (κ1) is 54.5. The van der Waals surface area contributed by atoms with Crippen LogP contribution in [-0.2, 0) is 16.2 Å². The molecular formula is C108H85B2N3O. The number of nitrogens with zero attached hydrogens (tertiary/aromatic N) is 3. The van der Waals surface area contributed by atoms with Gasteiger partial charge < -0.3 is 19.1 Å². The van der Waals surface area contributed by atoms with Crippen LogP contribution in [0.1, 0.15) is 99.6 Å². The van der Waals surface area contributed by atoms with Crippen molar-refractivity contribution in [3.8, 4) is 106 Å². The summed E-state index contributed by atoms with van der Waals surface area (Å²) in [7, 11) is 0. The summed E-state index contributed by atoms with van der Waals surface area (Å²) in [5, 5.41) is 0.0454. The van der Waals surface area contributed by atoms with E-state index in [1.807, 2.05) is 127 Å². The number of anilines is 6. The van der Waals surface area contributed by atoms with Crippen LogP contribution >= 0.6 is 0 Å². The van der Waals surface area contributed by atoms with Crippen molar-refractivity contribution in [3.05, 3.63) is 368 Å². The van der Waals surface area contributed by atoms with Gasteiger partial charge in [0.05, 0.1) is 37.5 Å². The zero-order chi connectivity index (χ0) is 90.1. The Balaban J connectivity index is 1.01. The highest BCUT2D eigenvalue weighted by Gasteiger charge is 2.52. The number of hydrogen-bond donors (Lipinski definition) is 0. The van der Waals surface area contributed by atoms with Crippen LogP contribution < -0.4 is 47.3 Å². The second-order valence-corrected chi connectivity index (χ2v) is 33.6. The Bertz CT molecular complexity index is 7500. The van der Waals surface area contributed by atoms with Crippen LogP contribution in [0.3, 0.4) is 0 Å². The lowest BCUT2D eigenvalue weighted by Gasteiger charge is -2.48. The molecule has 16 aromatic carbocycles. The van der Waals surface area contributed by atoms with E-state index >= 15 is 0 Å². The molecule has 0 atom stereocenters. The van der Waals surface area contributed by atoms with Crippen LogP contribution in [0.5, 0.6) is 11.5 Å². The maximum Gasteiger partial charge on any atom is 0.256 e. The third-order valence-corrected chi connectivity index (χ3v) is 23.5. The molecule has 4 aliphatic rings. The highest BCUT2D eigenvalue weighted by atomic mass is 16.5. The van der Waals surface area contributed by atoms with Gasteiger partial charge in [-0.15, -0.1) is 0 Å². The number of aromatic nitrogens is 1. The molecule has 544 valence electrons. The average molecular weight is 1480 g/mol. The quantitative estimate of drug-likeness (QED) is 0.127. The van der Waals surface area contributed by atoms with Crippen molar-refractivity contribution in [2.75, 3.05) is 9.80 Å². The first-order valence-corrected chi connectivity index (χ1v) is 39.1. The zero-order valence-corrected chi connectivity index (χ0v) is 64.7. The fraction of sp³-hybridized carbons (Fsp3) is 0.111. The molecule has 17 aromatic rings. The summed E-state index contributed by atoms with van der Waals surface area (Å²) in [6.07, 6.45) is 0. The lowest BCUT2D eigenvalue weighted by atomic mass is 9.30. The van der Waals surface area contributed by atoms with Gasteiger partial charge in [-0.2, -0.15) is 0 Å². The normalized spacial score (nSPS) is 15.0. The van der Waals surface area contributed by atoms with Crippen molar-refractivity contribution >= 4 is 102 Å². The predicted octanol–water partition coefficient (Wildman–Crippen LogP) is 25.0. The van der Waals surface area contributed by atoms with Gasteiger partial charge >= 0.3 is 0 Å². The van der Waals surface area contributed by atoms with Gasteiger partial charge in [0.2, 0.25) is 0 Å². The highest BCUT2D eigenvalue weighted by molar-refractivity contribution is 7.03. The molecule has 114 heavy (non-hydrogen) atoms. The molecule has 0 N–H and O–H groups in total. The molecule has 21 rings (SSSR count). The maximum absolute atomic E-state index is 11.7. The fourth-order valence-electron chi connectivity index (χ4n) is 17.9. The number of hydrogen-bond acceptors (Lipinski definition) is 3. The maximum atomic E-state index is 11.7. The van der Waals surface area contributed by atoms with Crippen molar-refractivity contribution in [1.82, 2.24) is 4.57 Å². The number of ether oxygens (including phenoxy) is 1. The van der Waals surface area contributed by atoms with Crippen LogP contribution in [0.15, 0.2) is 351 Å². The van der Waals surface area contributed by atoms with Crippen molar-refractivity contribution < 1.29 is 25.3 Å². The topological polar surface area (TPSA) is 20.6 Å². The summed E-state index contributed by atoms with van der Waals surface area (Å²) in [5.74, 6) is 0.525. The molecule has 4 nitrogen and oxygen atoms in total. The molecule has 0 unspecified atom stereocenters. The number of benzene rings is 16. The zero-order valence-electron chi connectivity index (χ0n) is 79.7. The molecule has 0 radical (unpaired) electrons. The average Bonchev–Trinajstić information content (AvgIpc) is 1.60. The molecule has 1 aromatic heterocycles. The van der Waals surface area contributed by atoms with Gasteiger partial charge in [-0.3, -0.25) is 0 Å². The van der Waals surface area contributed by atoms with Gasteiger partial charge in [0, 0.05) is 67.0 Å². The Hall–Kier alpha value is -13.2. The minimum absolute atomic E-state index is 0.00231. The van der Waals surface area contributed by atoms with Gasteiger partial charge in [0.15, 0.2) is 0 Å². The van der Waals surface area contributed by atoms with E-state index < -0.39 is 120 Å². The molecule has 0 amide bonds. The van der Waals surface area contributed by atoms with Gasteiger partial charge in [-0.05, 0) is 211 Å². The first-order chi connectivity index (χ1) is 61.7. The third-order valence-electron chi connectivity index (χ3n) is 23.5. The minimum Gasteiger partial charge on any atom is -0.459 e. The second kappa shape index (κ2) is 26.2. The molecule has 0 spiro atoms. The van der Waals surface area contributed by atoms with Crippen LogP contribution in [0.25, 0.3) is 117 Å². The standard InChI is InChI=1S/C108H85B2N3O/c1-106(2,3)80-61-85(71-40-23-13-24-41-71)102(86(62-80)72-42-25-14-26-43-72)112-93-60-76(68-34-17-10-18-35-68)52-54-89(93)110-99-94(112)65-82(108(7,8)9)66-95(99)113(103-87(73-44-27-15-28-45-73)63-81(107(4,5)6)64-88(103)74-46-29-16-30-47-74)97-67-96-100-105(101(97)110)114-98-55-53-75(79-57-77(69-36-19-11-20-37-69)56-78(58-79)70-38-21-12-22-39-70)59-91(98)109(100)90-50-33-49-84-83-48-31-32-51-92(83)111(96)104(84)90/h10-67H,1-9H3/i10D,17D,18D,31D,32D,33D,34D,35D,48D,49D,50D,51D,52D,54D,60D. The smallest absolute Gasteiger partial charge is 0.256 e. The van der Waals surface area contributed by atoms with E-state index in [0.717, 1.165) is 94.6 Å². The highest BCUT2D eigenvalue weighted by Crippen LogP contribution is 2.57. The molecule has 0 aliphatic carbocycles. The van der Waals surface area contributed by atoms with Crippen LogP contribution in [0.2, 0.25) is 0 Å². The van der Waals surface area contributed by atoms with Crippen molar-refractivity contribution in [1.29, 1.82) is 0 Å². The summed E-state index contributed by atoms with van der Waals surface area (Å²) in [6, 6.07) is 80.8. The van der Waals surface area contributed by atoms with E-state index in [0.29, 0.717) is 61.7 Å². The molecule has 6 heteroatoms. The second-order valence-electron chi connectivity index (χ2n) is 33.6. The van der Waals surface area contributed by atoms with Gasteiger partial charge in [-0.25, -0.2) is 0 Å². The summed E-state index contributed by atoms with van der Waals surface area (Å²) < 4.78 is 162. The Morgan fingerprint density at radius 3 is 1.22 bits per heavy atom. The van der Waals surface area contributed by atoms with Crippen molar-refractivity contribution in [2.24, 2.45) is 0 Å². The minimum atomic E-state index is -1.31. The van der Waals surface area contributed by atoms with Crippen molar-refractivity contribution in [2.45, 2.75) is 78.6 Å². The van der Waals surface area contributed by atoms with E-state index in [9.17, 15) is 19.2 Å². The van der Waals surface area contributed by atoms with Gasteiger partial charge in [-0.1, -0.05) is 335 Å². The Morgan fingerprint density at radius 1 is 0.289 bits per heavy atom. The van der Waals surface area contributed by atoms with Gasteiger partial charge in [0.1, 0.15) is 11.5 Å². The lowest BCUT2D eigenvalue weighted by Crippen LogP contribution is -2.65. The third kappa shape index (κ3) is 11.1. The van der Waals surface area contributed by atoms with Crippen LogP contribution in [-0.4, -0.2) is 18.0 Å². The predicted molar refractivity (Wildman–Crippen MR) is 486 cm³/mol. The molecule has 5 heterocycles. The molecule has 4 aliphatic heterocycles. The van der Waals surface area contributed by atoms with Crippen LogP contribution in [0.4, 0.5) is 34.1 Å². The summed E-state index contributed by atoms with van der Waals surface area (Å²) in [4.78, 5) is 4.38. The Morgan fingerprint density at radius 2 is 0.719 bits per heavy atom. The number of fused-ring (bicyclic) bond motifs is 12. The molecule has 0 saturated heterocycles. The SMILES string of the molecule is [2H]c1c([2H])c([2H])c(-c2c([2H])c([2H])c3c(c2[2H])N(c2c(-c4ccccc4)cc(C(C)(C)C)cc2-c2ccccc2)c2cc(C(C)(C)C)cc4c2B3c2c(cc3c5c2Oc2ccc(-c6cc(-c7ccccc7)cc(-c7ccccc7)c6)cc2B5c2c([2H])c([2H])c([2H])c5c6c([2H])c([2H])c([2H])c([2H])c6n-3c25)N4c2c(-c3ccccc3)cc(C(C)(C)C)cc2-c2ccccc2)c([2H])c1[2H]. The largest absolute Gasteiger partial charge is 0.459 e. The monoisotopic (exact) mass is 1480 g/mol. The lowest BCUT2D eigenvalue weighted by molar-refractivity contribution is 0.491. The Labute approximate surface area is 691 Å². The number of para-hydroxylation sites is 2. The molecule has 0 fully saturated rings. The van der Waals surface area contributed by atoms with Crippen LogP contribution in [0, 0.1) is 0 Å². The molecule has 0 bridgehead atoms. The van der Waals surface area contributed by atoms with E-state index in [1.54, 1.807) is 4.57 Å². The Kier molecular flexibility index (Phi) is 12.5. The fourth-order valence-corrected chi connectivity index (χ4v) is 17.9. The molecule has 0 saturated carbocycles. The van der Waals surface area contributed by atoms with E-state index in [4.69, 9.17) is 6.11 Å².